The number of carbonyl (C=O) groups excluding carboxylic acids is 1. The van der Waals surface area contributed by atoms with E-state index >= 15 is 0 Å². The Bertz CT molecular complexity index is 1620. The molecule has 0 unspecified atom stereocenters. The van der Waals surface area contributed by atoms with Gasteiger partial charge in [0.05, 0.1) is 23.6 Å². The van der Waals surface area contributed by atoms with Crippen molar-refractivity contribution in [3.8, 4) is 11.6 Å². The number of nitro groups is 1. The molecule has 0 aliphatic rings. The number of aromatic nitrogens is 6. The molecule has 34 heavy (non-hydrogen) atoms. The van der Waals surface area contributed by atoms with E-state index in [1.165, 1.54) is 21.6 Å². The molecule has 0 spiro atoms. The standard InChI is InChI=1S/C21H16N8O5/c1-11-3-5-13(6-4-11)27-18-14(10-22-27)19(30)25-21(24-18)28-16(9-12(2)26-28)23-20(31)15-7-8-17(34-15)29(32)33/h3-10H,1-2H3,(H,23,31)(H,24,25,30). The molecule has 4 heterocycles. The summed E-state index contributed by atoms with van der Waals surface area (Å²) in [6, 6.07) is 11.4. The van der Waals surface area contributed by atoms with Crippen molar-refractivity contribution in [1.29, 1.82) is 0 Å². The lowest BCUT2D eigenvalue weighted by atomic mass is 10.2. The van der Waals surface area contributed by atoms with Crippen LogP contribution in [0.4, 0.5) is 11.7 Å². The van der Waals surface area contributed by atoms with Crippen molar-refractivity contribution in [2.75, 3.05) is 5.32 Å². The van der Waals surface area contributed by atoms with Crippen molar-refractivity contribution < 1.29 is 14.1 Å². The molecule has 1 aromatic carbocycles. The van der Waals surface area contributed by atoms with Crippen LogP contribution in [-0.2, 0) is 0 Å². The molecular formula is C21H16N8O5. The Morgan fingerprint density at radius 2 is 1.91 bits per heavy atom. The highest BCUT2D eigenvalue weighted by atomic mass is 16.6. The Morgan fingerprint density at radius 3 is 2.62 bits per heavy atom. The molecule has 0 saturated carbocycles. The molecule has 0 aliphatic heterocycles. The summed E-state index contributed by atoms with van der Waals surface area (Å²) in [7, 11) is 0. The Balaban J connectivity index is 1.56. The first-order valence-corrected chi connectivity index (χ1v) is 9.98. The minimum absolute atomic E-state index is 0.0418. The second-order valence-electron chi connectivity index (χ2n) is 7.45. The molecule has 13 heteroatoms. The molecule has 5 aromatic rings. The number of nitrogens with one attached hydrogen (secondary N) is 2. The minimum atomic E-state index is -0.744. The summed E-state index contributed by atoms with van der Waals surface area (Å²) in [6.07, 6.45) is 1.42. The second kappa shape index (κ2) is 7.81. The van der Waals surface area contributed by atoms with E-state index in [2.05, 4.69) is 25.5 Å². The summed E-state index contributed by atoms with van der Waals surface area (Å²) < 4.78 is 7.72. The van der Waals surface area contributed by atoms with E-state index in [0.717, 1.165) is 11.6 Å². The van der Waals surface area contributed by atoms with Crippen LogP contribution in [0.25, 0.3) is 22.7 Å². The molecule has 0 fully saturated rings. The van der Waals surface area contributed by atoms with Gasteiger partial charge in [0.15, 0.2) is 11.4 Å². The molecule has 0 saturated heterocycles. The second-order valence-corrected chi connectivity index (χ2v) is 7.45. The number of furan rings is 1. The van der Waals surface area contributed by atoms with Crippen molar-refractivity contribution in [3.05, 3.63) is 86.1 Å². The van der Waals surface area contributed by atoms with Crippen molar-refractivity contribution in [1.82, 2.24) is 29.5 Å². The van der Waals surface area contributed by atoms with Crippen LogP contribution in [0.3, 0.4) is 0 Å². The minimum Gasteiger partial charge on any atom is -0.395 e. The van der Waals surface area contributed by atoms with E-state index in [4.69, 9.17) is 4.42 Å². The Labute approximate surface area is 189 Å². The number of aryl methyl sites for hydroxylation is 2. The van der Waals surface area contributed by atoms with E-state index in [0.29, 0.717) is 17.0 Å². The average Bonchev–Trinajstić information content (AvgIpc) is 3.53. The number of fused-ring (bicyclic) bond motifs is 1. The summed E-state index contributed by atoms with van der Waals surface area (Å²) in [5.41, 5.74) is 2.17. The fraction of sp³-hybridized carbons (Fsp3) is 0.0952. The van der Waals surface area contributed by atoms with Crippen molar-refractivity contribution in [2.45, 2.75) is 13.8 Å². The maximum Gasteiger partial charge on any atom is 0.433 e. The van der Waals surface area contributed by atoms with Gasteiger partial charge in [-0.3, -0.25) is 24.7 Å². The molecule has 0 bridgehead atoms. The van der Waals surface area contributed by atoms with Crippen molar-refractivity contribution >= 4 is 28.6 Å². The first-order chi connectivity index (χ1) is 16.3. The predicted octanol–water partition coefficient (Wildman–Crippen LogP) is 2.66. The monoisotopic (exact) mass is 460 g/mol. The summed E-state index contributed by atoms with van der Waals surface area (Å²) in [5.74, 6) is -1.34. The van der Waals surface area contributed by atoms with Gasteiger partial charge in [-0.2, -0.15) is 19.9 Å². The van der Waals surface area contributed by atoms with Crippen LogP contribution >= 0.6 is 0 Å². The Kier molecular flexibility index (Phi) is 4.78. The predicted molar refractivity (Wildman–Crippen MR) is 119 cm³/mol. The molecule has 1 amide bonds. The van der Waals surface area contributed by atoms with Gasteiger partial charge in [0, 0.05) is 6.07 Å². The van der Waals surface area contributed by atoms with Crippen LogP contribution in [0, 0.1) is 24.0 Å². The zero-order valence-electron chi connectivity index (χ0n) is 17.8. The van der Waals surface area contributed by atoms with Crippen LogP contribution < -0.4 is 10.9 Å². The van der Waals surface area contributed by atoms with Gasteiger partial charge < -0.3 is 9.73 Å². The number of anilines is 1. The Hall–Kier alpha value is -5.07. The number of hydrogen-bond donors (Lipinski definition) is 2. The highest BCUT2D eigenvalue weighted by Gasteiger charge is 2.21. The SMILES string of the molecule is Cc1ccc(-n2ncc3c(=O)[nH]c(-n4nc(C)cc4NC(=O)c4ccc([N+](=O)[O-])o4)nc32)cc1. The van der Waals surface area contributed by atoms with Crippen LogP contribution in [0.2, 0.25) is 0 Å². The van der Waals surface area contributed by atoms with E-state index in [-0.39, 0.29) is 22.9 Å². The fourth-order valence-corrected chi connectivity index (χ4v) is 3.36. The van der Waals surface area contributed by atoms with Crippen LogP contribution in [0.5, 0.6) is 0 Å². The highest BCUT2D eigenvalue weighted by molar-refractivity contribution is 6.02. The summed E-state index contributed by atoms with van der Waals surface area (Å²) in [5, 5.41) is 22.3. The third-order valence-corrected chi connectivity index (χ3v) is 4.97. The summed E-state index contributed by atoms with van der Waals surface area (Å²) >= 11 is 0. The zero-order valence-corrected chi connectivity index (χ0v) is 17.8. The number of H-pyrrole nitrogens is 1. The van der Waals surface area contributed by atoms with Gasteiger partial charge in [-0.15, -0.1) is 0 Å². The molecule has 0 atom stereocenters. The van der Waals surface area contributed by atoms with Crippen LogP contribution in [0.1, 0.15) is 21.8 Å². The van der Waals surface area contributed by atoms with Gasteiger partial charge in [-0.05, 0) is 32.0 Å². The maximum atomic E-state index is 12.7. The summed E-state index contributed by atoms with van der Waals surface area (Å²) in [6.45, 7) is 3.65. The van der Waals surface area contributed by atoms with Gasteiger partial charge in [-0.1, -0.05) is 17.7 Å². The van der Waals surface area contributed by atoms with E-state index < -0.39 is 22.3 Å². The van der Waals surface area contributed by atoms with E-state index in [1.807, 2.05) is 31.2 Å². The molecular weight excluding hydrogens is 444 g/mol. The normalized spacial score (nSPS) is 11.1. The summed E-state index contributed by atoms with van der Waals surface area (Å²) in [4.78, 5) is 42.6. The topological polar surface area (TPSA) is 167 Å². The number of aromatic amines is 1. The van der Waals surface area contributed by atoms with E-state index in [1.54, 1.807) is 13.0 Å². The molecule has 0 aliphatic carbocycles. The third kappa shape index (κ3) is 3.60. The molecule has 4 aromatic heterocycles. The average molecular weight is 460 g/mol. The van der Waals surface area contributed by atoms with Crippen molar-refractivity contribution in [2.24, 2.45) is 0 Å². The lowest BCUT2D eigenvalue weighted by molar-refractivity contribution is -0.402. The lowest BCUT2D eigenvalue weighted by Gasteiger charge is -2.08. The van der Waals surface area contributed by atoms with Crippen LogP contribution in [-0.4, -0.2) is 40.4 Å². The number of benzene rings is 1. The Morgan fingerprint density at radius 1 is 1.15 bits per heavy atom. The van der Waals surface area contributed by atoms with Crippen LogP contribution in [0.15, 0.2) is 57.9 Å². The molecule has 0 radical (unpaired) electrons. The van der Waals surface area contributed by atoms with Gasteiger partial charge >= 0.3 is 5.88 Å². The van der Waals surface area contributed by atoms with Gasteiger partial charge in [-0.25, -0.2) is 4.68 Å². The molecule has 170 valence electrons. The first-order valence-electron chi connectivity index (χ1n) is 9.98. The third-order valence-electron chi connectivity index (χ3n) is 4.97. The highest BCUT2D eigenvalue weighted by Crippen LogP contribution is 2.20. The maximum absolute atomic E-state index is 12.7. The van der Waals surface area contributed by atoms with Gasteiger partial charge in [0.25, 0.3) is 11.5 Å². The number of carbonyl (C=O) groups is 1. The smallest absolute Gasteiger partial charge is 0.395 e. The number of amides is 1. The van der Waals surface area contributed by atoms with E-state index in [9.17, 15) is 19.7 Å². The largest absolute Gasteiger partial charge is 0.433 e. The van der Waals surface area contributed by atoms with Gasteiger partial charge in [0.2, 0.25) is 5.95 Å². The van der Waals surface area contributed by atoms with Gasteiger partial charge in [0.1, 0.15) is 16.1 Å². The zero-order chi connectivity index (χ0) is 24.0. The fourth-order valence-electron chi connectivity index (χ4n) is 3.36. The first kappa shape index (κ1) is 20.8. The molecule has 2 N–H and O–H groups in total. The quantitative estimate of drug-likeness (QED) is 0.298. The molecule has 13 nitrogen and oxygen atoms in total. The number of nitrogens with zero attached hydrogens (tertiary/aromatic N) is 6. The number of hydrogen-bond acceptors (Lipinski definition) is 8. The van der Waals surface area contributed by atoms with Crippen molar-refractivity contribution in [3.63, 3.8) is 0 Å². The number of rotatable bonds is 5. The lowest BCUT2D eigenvalue weighted by Crippen LogP contribution is -2.19. The molecule has 5 rings (SSSR count).